The van der Waals surface area contributed by atoms with Gasteiger partial charge in [-0.1, -0.05) is 48.6 Å². The molecule has 0 fully saturated rings. The fraction of sp³-hybridized carbons (Fsp3) is 0.172. The van der Waals surface area contributed by atoms with E-state index in [0.717, 1.165) is 44.6 Å². The maximum Gasteiger partial charge on any atom is 0.536 e. The van der Waals surface area contributed by atoms with Crippen LogP contribution < -0.4 is 9.92 Å². The van der Waals surface area contributed by atoms with Crippen LogP contribution in [0.1, 0.15) is 22.3 Å². The number of pyridine rings is 2. The van der Waals surface area contributed by atoms with Gasteiger partial charge in [-0.25, -0.2) is 0 Å². The summed E-state index contributed by atoms with van der Waals surface area (Å²) in [5.74, 6) is 0.808. The molecule has 0 saturated heterocycles. The molecule has 2 aromatic carbocycles. The van der Waals surface area contributed by atoms with E-state index >= 15 is 0 Å². The lowest BCUT2D eigenvalue weighted by Gasteiger charge is -2.24. The second kappa shape index (κ2) is 11.9. The molecule has 184 valence electrons. The molecule has 4 rings (SSSR count). The molecule has 0 spiro atoms. The topological polar surface area (TPSA) is 62.7 Å². The summed E-state index contributed by atoms with van der Waals surface area (Å²) in [5.41, 5.74) is 6.09. The summed E-state index contributed by atoms with van der Waals surface area (Å²) in [7, 11) is 1.99. The van der Waals surface area contributed by atoms with Crippen molar-refractivity contribution in [1.29, 1.82) is 0 Å². The Morgan fingerprint density at radius 3 is 1.94 bits per heavy atom. The van der Waals surface area contributed by atoms with E-state index in [1.165, 1.54) is 0 Å². The predicted octanol–water partition coefficient (Wildman–Crippen LogP) is 5.29. The van der Waals surface area contributed by atoms with Gasteiger partial charge in [0, 0.05) is 38.9 Å². The van der Waals surface area contributed by atoms with Crippen LogP contribution in [0.25, 0.3) is 23.5 Å². The van der Waals surface area contributed by atoms with Gasteiger partial charge in [0.25, 0.3) is 0 Å². The number of nitrogens with zero attached hydrogens (tertiary/aromatic N) is 2. The molecule has 7 heteroatoms. The first-order valence-corrected chi connectivity index (χ1v) is 13.3. The van der Waals surface area contributed by atoms with E-state index in [9.17, 15) is 0 Å². The van der Waals surface area contributed by atoms with Crippen LogP contribution in [0.4, 0.5) is 0 Å². The number of benzene rings is 2. The minimum Gasteiger partial charge on any atom is -0.489 e. The number of hydrogen-bond donors (Lipinski definition) is 0. The number of rotatable bonds is 10. The van der Waals surface area contributed by atoms with Gasteiger partial charge in [0.15, 0.2) is 0 Å². The van der Waals surface area contributed by atoms with Crippen molar-refractivity contribution < 1.29 is 18.0 Å². The molecular formula is C29H30N2O4Si. The normalized spacial score (nSPS) is 11.7. The van der Waals surface area contributed by atoms with Crippen molar-refractivity contribution in [3.05, 3.63) is 107 Å². The Labute approximate surface area is 213 Å². The maximum absolute atomic E-state index is 5.97. The fourth-order valence-corrected chi connectivity index (χ4v) is 5.59. The summed E-state index contributed by atoms with van der Waals surface area (Å²) >= 11 is 0. The molecule has 0 atom stereocenters. The van der Waals surface area contributed by atoms with Gasteiger partial charge in [-0.2, -0.15) is 0 Å². The second-order valence-corrected chi connectivity index (χ2v) is 11.2. The molecule has 0 aliphatic rings. The van der Waals surface area contributed by atoms with E-state index in [2.05, 4.69) is 29.0 Å². The molecule has 0 N–H and O–H groups in total. The summed E-state index contributed by atoms with van der Waals surface area (Å²) in [4.78, 5) is 8.89. The Balaban J connectivity index is 1.36. The SMILES string of the molecule is CO[Si](OC)(OC)c1ccc(COc2ccc(/C=C/c3ccnc(-c4cc(C)ccn4)c3)cc2)cc1. The summed E-state index contributed by atoms with van der Waals surface area (Å²) in [6, 6.07) is 24.0. The zero-order chi connectivity index (χ0) is 25.4. The Morgan fingerprint density at radius 2 is 1.31 bits per heavy atom. The summed E-state index contributed by atoms with van der Waals surface area (Å²) in [6.45, 7) is 2.51. The minimum atomic E-state index is -2.82. The number of aromatic nitrogens is 2. The zero-order valence-corrected chi connectivity index (χ0v) is 22.0. The van der Waals surface area contributed by atoms with E-state index < -0.39 is 8.80 Å². The van der Waals surface area contributed by atoms with Gasteiger partial charge in [0.05, 0.1) is 11.4 Å². The third-order valence-electron chi connectivity index (χ3n) is 5.83. The van der Waals surface area contributed by atoms with Gasteiger partial charge in [-0.15, -0.1) is 0 Å². The molecule has 0 amide bonds. The first kappa shape index (κ1) is 25.5. The molecular weight excluding hydrogens is 468 g/mol. The lowest BCUT2D eigenvalue weighted by Crippen LogP contribution is -2.54. The highest BCUT2D eigenvalue weighted by molar-refractivity contribution is 6.75. The van der Waals surface area contributed by atoms with Crippen LogP contribution in [-0.2, 0) is 19.9 Å². The highest BCUT2D eigenvalue weighted by atomic mass is 28.4. The van der Waals surface area contributed by atoms with Crippen molar-refractivity contribution in [2.45, 2.75) is 13.5 Å². The van der Waals surface area contributed by atoms with Gasteiger partial charge in [0.1, 0.15) is 12.4 Å². The number of ether oxygens (including phenoxy) is 1. The van der Waals surface area contributed by atoms with E-state index in [0.29, 0.717) is 6.61 Å². The first-order chi connectivity index (χ1) is 17.5. The Morgan fingerprint density at radius 1 is 0.694 bits per heavy atom. The molecule has 0 saturated carbocycles. The second-order valence-electron chi connectivity index (χ2n) is 8.25. The monoisotopic (exact) mass is 498 g/mol. The lowest BCUT2D eigenvalue weighted by atomic mass is 10.1. The average Bonchev–Trinajstić information content (AvgIpc) is 2.93. The van der Waals surface area contributed by atoms with Crippen LogP contribution in [0, 0.1) is 6.92 Å². The molecule has 36 heavy (non-hydrogen) atoms. The quantitative estimate of drug-likeness (QED) is 0.277. The van der Waals surface area contributed by atoms with Crippen molar-refractivity contribution in [2.24, 2.45) is 0 Å². The molecule has 0 radical (unpaired) electrons. The Kier molecular flexibility index (Phi) is 8.40. The van der Waals surface area contributed by atoms with Crippen molar-refractivity contribution in [3.63, 3.8) is 0 Å². The third-order valence-corrected chi connectivity index (χ3v) is 8.48. The molecule has 6 nitrogen and oxygen atoms in total. The van der Waals surface area contributed by atoms with Gasteiger partial charge in [0.2, 0.25) is 0 Å². The predicted molar refractivity (Wildman–Crippen MR) is 145 cm³/mol. The molecule has 0 aliphatic heterocycles. The first-order valence-electron chi connectivity index (χ1n) is 11.6. The van der Waals surface area contributed by atoms with Crippen molar-refractivity contribution in [1.82, 2.24) is 9.97 Å². The summed E-state index contributed by atoms with van der Waals surface area (Å²) in [6.07, 6.45) is 7.76. The lowest BCUT2D eigenvalue weighted by molar-refractivity contribution is 0.140. The molecule has 0 bridgehead atoms. The van der Waals surface area contributed by atoms with Gasteiger partial charge in [-0.05, 0) is 65.6 Å². The zero-order valence-electron chi connectivity index (χ0n) is 21.0. The van der Waals surface area contributed by atoms with E-state index in [1.807, 2.05) is 85.2 Å². The highest BCUT2D eigenvalue weighted by Crippen LogP contribution is 2.19. The van der Waals surface area contributed by atoms with Crippen LogP contribution in [0.5, 0.6) is 5.75 Å². The molecule has 0 aliphatic carbocycles. The van der Waals surface area contributed by atoms with Crippen molar-refractivity contribution in [2.75, 3.05) is 21.3 Å². The summed E-state index contributed by atoms with van der Waals surface area (Å²) < 4.78 is 22.6. The van der Waals surface area contributed by atoms with Crippen LogP contribution in [0.3, 0.4) is 0 Å². The maximum atomic E-state index is 5.97. The molecule has 2 heterocycles. The van der Waals surface area contributed by atoms with Gasteiger partial charge >= 0.3 is 8.80 Å². The molecule has 4 aromatic rings. The minimum absolute atomic E-state index is 0.462. The standard InChI is InChI=1S/C29H30N2O4Si/c1-22-15-17-30-28(19-22)29-20-24(16-18-31-29)6-5-23-7-11-26(12-8-23)35-21-25-9-13-27(14-10-25)36(32-2,33-3)34-4/h5-20H,21H2,1-4H3/b6-5+. The van der Waals surface area contributed by atoms with Crippen LogP contribution in [0.2, 0.25) is 0 Å². The van der Waals surface area contributed by atoms with Gasteiger partial charge < -0.3 is 18.0 Å². The van der Waals surface area contributed by atoms with Crippen LogP contribution in [-0.4, -0.2) is 40.1 Å². The van der Waals surface area contributed by atoms with Crippen molar-refractivity contribution >= 4 is 26.1 Å². The van der Waals surface area contributed by atoms with E-state index in [1.54, 1.807) is 21.3 Å². The van der Waals surface area contributed by atoms with Crippen LogP contribution in [0.15, 0.2) is 85.2 Å². The summed E-state index contributed by atoms with van der Waals surface area (Å²) in [5, 5.41) is 0.909. The van der Waals surface area contributed by atoms with E-state index in [4.69, 9.17) is 18.0 Å². The van der Waals surface area contributed by atoms with Gasteiger partial charge in [-0.3, -0.25) is 9.97 Å². The van der Waals surface area contributed by atoms with Crippen LogP contribution >= 0.6 is 0 Å². The van der Waals surface area contributed by atoms with E-state index in [-0.39, 0.29) is 0 Å². The highest BCUT2D eigenvalue weighted by Gasteiger charge is 2.40. The smallest absolute Gasteiger partial charge is 0.489 e. The number of aryl methyl sites for hydroxylation is 1. The Hall–Kier alpha value is -3.62. The molecule has 2 aromatic heterocycles. The fourth-order valence-electron chi connectivity index (χ4n) is 3.81. The van der Waals surface area contributed by atoms with Crippen molar-refractivity contribution in [3.8, 4) is 17.1 Å². The Bertz CT molecular complexity index is 1300. The largest absolute Gasteiger partial charge is 0.536 e. The average molecular weight is 499 g/mol. The third kappa shape index (κ3) is 6.13. The molecule has 0 unspecified atom stereocenters. The number of hydrogen-bond acceptors (Lipinski definition) is 6.